The monoisotopic (exact) mass is 302 g/mol. The van der Waals surface area contributed by atoms with Gasteiger partial charge in [-0.05, 0) is 37.9 Å². The predicted octanol–water partition coefficient (Wildman–Crippen LogP) is 2.29. The van der Waals surface area contributed by atoms with Gasteiger partial charge in [-0.2, -0.15) is 0 Å². The average Bonchev–Trinajstić information content (AvgIpc) is 2.47. The lowest BCUT2D eigenvalue weighted by Gasteiger charge is -1.93. The summed E-state index contributed by atoms with van der Waals surface area (Å²) in [6.07, 6.45) is 3.33. The number of hydrogen-bond acceptors (Lipinski definition) is 3. The molecule has 0 amide bonds. The van der Waals surface area contributed by atoms with E-state index in [-0.39, 0.29) is 0 Å². The summed E-state index contributed by atoms with van der Waals surface area (Å²) in [5.74, 6) is 0.584. The highest BCUT2D eigenvalue weighted by atomic mass is 79.9. The Kier molecular flexibility index (Phi) is 2.17. The van der Waals surface area contributed by atoms with Crippen LogP contribution >= 0.6 is 31.9 Å². The van der Waals surface area contributed by atoms with Crippen LogP contribution in [0.15, 0.2) is 22.0 Å². The summed E-state index contributed by atoms with van der Waals surface area (Å²) in [6, 6.07) is 0. The maximum atomic E-state index is 4.18. The van der Waals surface area contributed by atoms with Crippen LogP contribution in [0.1, 0.15) is 5.82 Å². The number of hydrogen-bond donors (Lipinski definition) is 0. The second-order valence-corrected chi connectivity index (χ2v) is 3.86. The third-order valence-electron chi connectivity index (χ3n) is 1.45. The molecule has 0 fully saturated rings. The highest BCUT2D eigenvalue weighted by molar-refractivity contribution is 9.11. The zero-order valence-corrected chi connectivity index (χ0v) is 9.58. The van der Waals surface area contributed by atoms with Gasteiger partial charge in [-0.25, -0.2) is 14.5 Å². The molecule has 13 heavy (non-hydrogen) atoms. The zero-order valence-electron chi connectivity index (χ0n) is 6.41. The Morgan fingerprint density at radius 2 is 2.15 bits per heavy atom. The van der Waals surface area contributed by atoms with Gasteiger partial charge in [0.05, 0.1) is 6.20 Å². The molecule has 0 spiro atoms. The SMILES string of the molecule is C=Cc1nc2c(Br)nc(Br)cn2n1. The first-order valence-corrected chi connectivity index (χ1v) is 5.00. The molecule has 2 rings (SSSR count). The van der Waals surface area contributed by atoms with Crippen LogP contribution < -0.4 is 0 Å². The molecule has 0 aliphatic heterocycles. The summed E-state index contributed by atoms with van der Waals surface area (Å²) >= 11 is 6.55. The summed E-state index contributed by atoms with van der Waals surface area (Å²) in [4.78, 5) is 8.30. The average molecular weight is 304 g/mol. The van der Waals surface area contributed by atoms with E-state index in [1.807, 2.05) is 0 Å². The van der Waals surface area contributed by atoms with Crippen LogP contribution in [0.4, 0.5) is 0 Å². The standard InChI is InChI=1S/C7H4Br2N4/c1-2-5-11-7-6(9)10-4(8)3-13(7)12-5/h2-3H,1H2. The van der Waals surface area contributed by atoms with E-state index >= 15 is 0 Å². The molecule has 0 aliphatic carbocycles. The topological polar surface area (TPSA) is 43.1 Å². The van der Waals surface area contributed by atoms with Crippen molar-refractivity contribution < 1.29 is 0 Å². The van der Waals surface area contributed by atoms with E-state index in [2.05, 4.69) is 53.5 Å². The molecule has 2 aromatic rings. The Bertz CT molecular complexity index is 477. The molecule has 0 bridgehead atoms. The number of halogens is 2. The van der Waals surface area contributed by atoms with E-state index < -0.39 is 0 Å². The molecular weight excluding hydrogens is 300 g/mol. The quantitative estimate of drug-likeness (QED) is 0.812. The molecule has 4 nitrogen and oxygen atoms in total. The summed E-state index contributed by atoms with van der Waals surface area (Å²) < 4.78 is 2.99. The van der Waals surface area contributed by atoms with Crippen molar-refractivity contribution in [2.45, 2.75) is 0 Å². The Balaban J connectivity index is 2.82. The molecule has 0 radical (unpaired) electrons. The molecule has 0 aliphatic rings. The molecule has 6 heteroatoms. The zero-order chi connectivity index (χ0) is 9.42. The van der Waals surface area contributed by atoms with E-state index in [1.165, 1.54) is 0 Å². The Morgan fingerprint density at radius 1 is 1.38 bits per heavy atom. The number of nitrogens with zero attached hydrogens (tertiary/aromatic N) is 4. The molecular formula is C7H4Br2N4. The first-order chi connectivity index (χ1) is 6.20. The molecule has 2 heterocycles. The van der Waals surface area contributed by atoms with E-state index in [9.17, 15) is 0 Å². The van der Waals surface area contributed by atoms with E-state index in [4.69, 9.17) is 0 Å². The lowest BCUT2D eigenvalue weighted by molar-refractivity contribution is 0.925. The first-order valence-electron chi connectivity index (χ1n) is 3.41. The summed E-state index contributed by atoms with van der Waals surface area (Å²) in [5, 5.41) is 4.14. The minimum atomic E-state index is 0.584. The third kappa shape index (κ3) is 1.51. The van der Waals surface area contributed by atoms with Gasteiger partial charge in [0.2, 0.25) is 0 Å². The Labute approximate surface area is 91.0 Å². The lowest BCUT2D eigenvalue weighted by atomic mass is 10.6. The summed E-state index contributed by atoms with van der Waals surface area (Å²) in [6.45, 7) is 3.59. The van der Waals surface area contributed by atoms with Gasteiger partial charge >= 0.3 is 0 Å². The minimum absolute atomic E-state index is 0.584. The van der Waals surface area contributed by atoms with Crippen LogP contribution in [-0.2, 0) is 0 Å². The van der Waals surface area contributed by atoms with Gasteiger partial charge in [0.1, 0.15) is 4.60 Å². The molecule has 0 N–H and O–H groups in total. The van der Waals surface area contributed by atoms with Gasteiger partial charge < -0.3 is 0 Å². The van der Waals surface area contributed by atoms with Gasteiger partial charge in [-0.3, -0.25) is 0 Å². The molecule has 0 saturated heterocycles. The van der Waals surface area contributed by atoms with Gasteiger partial charge in [0, 0.05) is 0 Å². The van der Waals surface area contributed by atoms with Crippen LogP contribution in [0.5, 0.6) is 0 Å². The highest BCUT2D eigenvalue weighted by Crippen LogP contribution is 2.17. The van der Waals surface area contributed by atoms with Crippen LogP contribution in [0, 0.1) is 0 Å². The molecule has 66 valence electrons. The minimum Gasteiger partial charge on any atom is -0.228 e. The van der Waals surface area contributed by atoms with E-state index in [0.717, 1.165) is 0 Å². The van der Waals surface area contributed by atoms with E-state index in [0.29, 0.717) is 20.7 Å². The van der Waals surface area contributed by atoms with Crippen molar-refractivity contribution in [1.82, 2.24) is 19.6 Å². The second kappa shape index (κ2) is 3.19. The summed E-state index contributed by atoms with van der Waals surface area (Å²) in [5.41, 5.74) is 0.679. The van der Waals surface area contributed by atoms with Gasteiger partial charge in [-0.1, -0.05) is 6.58 Å². The van der Waals surface area contributed by atoms with Crippen LogP contribution in [0.25, 0.3) is 11.7 Å². The number of fused-ring (bicyclic) bond motifs is 1. The molecule has 0 saturated carbocycles. The van der Waals surface area contributed by atoms with Crippen molar-refractivity contribution in [3.8, 4) is 0 Å². The molecule has 2 aromatic heterocycles. The Morgan fingerprint density at radius 3 is 2.85 bits per heavy atom. The molecule has 0 aromatic carbocycles. The summed E-state index contributed by atoms with van der Waals surface area (Å²) in [7, 11) is 0. The fourth-order valence-electron chi connectivity index (χ4n) is 0.931. The normalized spacial score (nSPS) is 10.6. The third-order valence-corrected chi connectivity index (χ3v) is 2.36. The van der Waals surface area contributed by atoms with Crippen molar-refractivity contribution in [2.24, 2.45) is 0 Å². The smallest absolute Gasteiger partial charge is 0.189 e. The van der Waals surface area contributed by atoms with Crippen molar-refractivity contribution in [3.63, 3.8) is 0 Å². The molecule has 0 unspecified atom stereocenters. The second-order valence-electron chi connectivity index (χ2n) is 2.30. The maximum absolute atomic E-state index is 4.18. The van der Waals surface area contributed by atoms with Gasteiger partial charge in [0.15, 0.2) is 16.1 Å². The first kappa shape index (κ1) is 8.83. The van der Waals surface area contributed by atoms with Crippen LogP contribution in [0.3, 0.4) is 0 Å². The predicted molar refractivity (Wildman–Crippen MR) is 56.3 cm³/mol. The number of aromatic nitrogens is 4. The van der Waals surface area contributed by atoms with Crippen LogP contribution in [0.2, 0.25) is 0 Å². The fraction of sp³-hybridized carbons (Fsp3) is 0. The van der Waals surface area contributed by atoms with Crippen molar-refractivity contribution >= 4 is 43.6 Å². The van der Waals surface area contributed by atoms with Crippen molar-refractivity contribution in [3.05, 3.63) is 27.8 Å². The maximum Gasteiger partial charge on any atom is 0.189 e. The van der Waals surface area contributed by atoms with Crippen molar-refractivity contribution in [1.29, 1.82) is 0 Å². The largest absolute Gasteiger partial charge is 0.228 e. The Hall–Kier alpha value is -0.750. The van der Waals surface area contributed by atoms with Crippen LogP contribution in [-0.4, -0.2) is 19.6 Å². The van der Waals surface area contributed by atoms with E-state index in [1.54, 1.807) is 16.8 Å². The highest BCUT2D eigenvalue weighted by Gasteiger charge is 2.06. The van der Waals surface area contributed by atoms with Gasteiger partial charge in [0.25, 0.3) is 0 Å². The lowest BCUT2D eigenvalue weighted by Crippen LogP contribution is -1.90. The van der Waals surface area contributed by atoms with Crippen molar-refractivity contribution in [2.75, 3.05) is 0 Å². The molecule has 0 atom stereocenters. The number of rotatable bonds is 1. The fourth-order valence-corrected chi connectivity index (χ4v) is 2.00. The van der Waals surface area contributed by atoms with Gasteiger partial charge in [-0.15, -0.1) is 5.10 Å².